The lowest BCUT2D eigenvalue weighted by molar-refractivity contribution is -0.137. The normalized spacial score (nSPS) is 11.6. The van der Waals surface area contributed by atoms with Crippen LogP contribution in [0.25, 0.3) is 0 Å². The van der Waals surface area contributed by atoms with Crippen molar-refractivity contribution < 1.29 is 23.0 Å². The smallest absolute Gasteiger partial charge is 0.394 e. The summed E-state index contributed by atoms with van der Waals surface area (Å²) in [7, 11) is 0. The summed E-state index contributed by atoms with van der Waals surface area (Å²) in [5.74, 6) is 0. The third-order valence-corrected chi connectivity index (χ3v) is 2.24. The minimum atomic E-state index is -4.29. The molecule has 0 bridgehead atoms. The number of halogens is 3. The second-order valence-corrected chi connectivity index (χ2v) is 3.69. The van der Waals surface area contributed by atoms with E-state index in [1.807, 2.05) is 0 Å². The standard InChI is InChI=1S/C12H16F3NO2/c13-12(14,15)10-2-4-11(5-3-10)16-6-1-8-18-9-7-17/h2-5,16-17H,1,6-9H2. The topological polar surface area (TPSA) is 41.5 Å². The van der Waals surface area contributed by atoms with E-state index in [1.165, 1.54) is 12.1 Å². The Morgan fingerprint density at radius 1 is 1.11 bits per heavy atom. The minimum Gasteiger partial charge on any atom is -0.394 e. The molecule has 0 saturated heterocycles. The van der Waals surface area contributed by atoms with Crippen molar-refractivity contribution in [3.05, 3.63) is 29.8 Å². The fourth-order valence-corrected chi connectivity index (χ4v) is 1.35. The van der Waals surface area contributed by atoms with E-state index in [9.17, 15) is 13.2 Å². The summed E-state index contributed by atoms with van der Waals surface area (Å²) in [6, 6.07) is 4.89. The molecule has 0 radical (unpaired) electrons. The lowest BCUT2D eigenvalue weighted by Crippen LogP contribution is -2.08. The summed E-state index contributed by atoms with van der Waals surface area (Å²) in [4.78, 5) is 0. The van der Waals surface area contributed by atoms with Gasteiger partial charge in [-0.1, -0.05) is 0 Å². The highest BCUT2D eigenvalue weighted by Gasteiger charge is 2.29. The predicted octanol–water partition coefficient (Wildman–Crippen LogP) is 2.52. The number of aliphatic hydroxyl groups is 1. The maximum absolute atomic E-state index is 12.3. The van der Waals surface area contributed by atoms with Crippen LogP contribution in [0.1, 0.15) is 12.0 Å². The lowest BCUT2D eigenvalue weighted by atomic mass is 10.2. The monoisotopic (exact) mass is 263 g/mol. The summed E-state index contributed by atoms with van der Waals surface area (Å²) in [6.07, 6.45) is -3.57. The van der Waals surface area contributed by atoms with Gasteiger partial charge in [0.2, 0.25) is 0 Å². The van der Waals surface area contributed by atoms with Gasteiger partial charge in [0, 0.05) is 18.8 Å². The largest absolute Gasteiger partial charge is 0.416 e. The van der Waals surface area contributed by atoms with Crippen LogP contribution in [0.2, 0.25) is 0 Å². The Labute approximate surface area is 104 Å². The highest BCUT2D eigenvalue weighted by molar-refractivity contribution is 5.44. The third kappa shape index (κ3) is 5.37. The Balaban J connectivity index is 2.27. The zero-order chi connectivity index (χ0) is 13.4. The molecule has 0 spiro atoms. The van der Waals surface area contributed by atoms with Crippen LogP contribution in [0.5, 0.6) is 0 Å². The van der Waals surface area contributed by atoms with Gasteiger partial charge in [0.05, 0.1) is 18.8 Å². The van der Waals surface area contributed by atoms with Crippen molar-refractivity contribution in [1.82, 2.24) is 0 Å². The summed E-state index contributed by atoms with van der Waals surface area (Å²) in [6.45, 7) is 1.41. The van der Waals surface area contributed by atoms with Crippen LogP contribution < -0.4 is 5.32 Å². The first kappa shape index (κ1) is 14.8. The van der Waals surface area contributed by atoms with E-state index in [4.69, 9.17) is 9.84 Å². The van der Waals surface area contributed by atoms with Crippen LogP contribution in [0.4, 0.5) is 18.9 Å². The van der Waals surface area contributed by atoms with Gasteiger partial charge in [-0.15, -0.1) is 0 Å². The third-order valence-electron chi connectivity index (χ3n) is 2.24. The molecule has 0 aliphatic heterocycles. The molecule has 0 aliphatic rings. The molecule has 0 aromatic heterocycles. The fourth-order valence-electron chi connectivity index (χ4n) is 1.35. The number of hydrogen-bond acceptors (Lipinski definition) is 3. The Bertz CT molecular complexity index is 338. The van der Waals surface area contributed by atoms with Crippen molar-refractivity contribution in [2.45, 2.75) is 12.6 Å². The molecular formula is C12H16F3NO2. The van der Waals surface area contributed by atoms with Gasteiger partial charge in [0.15, 0.2) is 0 Å². The second-order valence-electron chi connectivity index (χ2n) is 3.69. The van der Waals surface area contributed by atoms with Crippen molar-refractivity contribution in [2.24, 2.45) is 0 Å². The molecule has 0 atom stereocenters. The molecule has 1 aromatic carbocycles. The Kier molecular flexibility index (Phi) is 5.94. The van der Waals surface area contributed by atoms with E-state index in [0.717, 1.165) is 18.6 Å². The molecule has 0 unspecified atom stereocenters. The lowest BCUT2D eigenvalue weighted by Gasteiger charge is -2.09. The van der Waals surface area contributed by atoms with Crippen LogP contribution in [-0.2, 0) is 10.9 Å². The van der Waals surface area contributed by atoms with Gasteiger partial charge in [-0.3, -0.25) is 0 Å². The Morgan fingerprint density at radius 3 is 2.33 bits per heavy atom. The number of rotatable bonds is 7. The van der Waals surface area contributed by atoms with Crippen LogP contribution in [0.15, 0.2) is 24.3 Å². The van der Waals surface area contributed by atoms with Crippen LogP contribution >= 0.6 is 0 Å². The Morgan fingerprint density at radius 2 is 1.78 bits per heavy atom. The number of aliphatic hydroxyl groups excluding tert-OH is 1. The molecular weight excluding hydrogens is 247 g/mol. The first-order valence-electron chi connectivity index (χ1n) is 5.64. The van der Waals surface area contributed by atoms with E-state index in [-0.39, 0.29) is 6.61 Å². The van der Waals surface area contributed by atoms with E-state index >= 15 is 0 Å². The van der Waals surface area contributed by atoms with Gasteiger partial charge in [-0.2, -0.15) is 13.2 Å². The molecule has 18 heavy (non-hydrogen) atoms. The molecule has 0 fully saturated rings. The number of nitrogens with one attached hydrogen (secondary N) is 1. The maximum atomic E-state index is 12.3. The number of benzene rings is 1. The quantitative estimate of drug-likeness (QED) is 0.743. The molecule has 1 aromatic rings. The fraction of sp³-hybridized carbons (Fsp3) is 0.500. The van der Waals surface area contributed by atoms with Gasteiger partial charge in [0.25, 0.3) is 0 Å². The molecule has 1 rings (SSSR count). The van der Waals surface area contributed by atoms with Crippen LogP contribution in [-0.4, -0.2) is 31.5 Å². The summed E-state index contributed by atoms with van der Waals surface area (Å²) >= 11 is 0. The highest BCUT2D eigenvalue weighted by atomic mass is 19.4. The van der Waals surface area contributed by atoms with E-state index in [0.29, 0.717) is 25.4 Å². The van der Waals surface area contributed by atoms with Gasteiger partial charge < -0.3 is 15.2 Å². The predicted molar refractivity (Wildman–Crippen MR) is 62.5 cm³/mol. The molecule has 6 heteroatoms. The first-order chi connectivity index (χ1) is 8.54. The molecule has 0 heterocycles. The van der Waals surface area contributed by atoms with Crippen molar-refractivity contribution >= 4 is 5.69 Å². The second kappa shape index (κ2) is 7.23. The zero-order valence-electron chi connectivity index (χ0n) is 9.83. The number of ether oxygens (including phenoxy) is 1. The van der Waals surface area contributed by atoms with E-state index in [2.05, 4.69) is 5.32 Å². The summed E-state index contributed by atoms with van der Waals surface area (Å²) in [5, 5.41) is 11.5. The van der Waals surface area contributed by atoms with Crippen molar-refractivity contribution in [3.8, 4) is 0 Å². The SMILES string of the molecule is OCCOCCCNc1ccc(C(F)(F)F)cc1. The van der Waals surface area contributed by atoms with Crippen molar-refractivity contribution in [2.75, 3.05) is 31.7 Å². The van der Waals surface area contributed by atoms with Gasteiger partial charge in [-0.25, -0.2) is 0 Å². The summed E-state index contributed by atoms with van der Waals surface area (Å²) in [5.41, 5.74) is -0.00973. The van der Waals surface area contributed by atoms with Gasteiger partial charge >= 0.3 is 6.18 Å². The molecule has 0 aliphatic carbocycles. The molecule has 3 nitrogen and oxygen atoms in total. The molecule has 0 saturated carbocycles. The van der Waals surface area contributed by atoms with E-state index in [1.54, 1.807) is 0 Å². The number of anilines is 1. The number of hydrogen-bond donors (Lipinski definition) is 2. The molecule has 0 amide bonds. The zero-order valence-corrected chi connectivity index (χ0v) is 9.83. The van der Waals surface area contributed by atoms with Crippen molar-refractivity contribution in [1.29, 1.82) is 0 Å². The Hall–Kier alpha value is -1.27. The van der Waals surface area contributed by atoms with E-state index < -0.39 is 11.7 Å². The van der Waals surface area contributed by atoms with Crippen LogP contribution in [0, 0.1) is 0 Å². The maximum Gasteiger partial charge on any atom is 0.416 e. The van der Waals surface area contributed by atoms with Crippen LogP contribution in [0.3, 0.4) is 0 Å². The molecule has 2 N–H and O–H groups in total. The van der Waals surface area contributed by atoms with Gasteiger partial charge in [-0.05, 0) is 30.7 Å². The van der Waals surface area contributed by atoms with Gasteiger partial charge in [0.1, 0.15) is 0 Å². The van der Waals surface area contributed by atoms with Crippen molar-refractivity contribution in [3.63, 3.8) is 0 Å². The first-order valence-corrected chi connectivity index (χ1v) is 5.64. The molecule has 102 valence electrons. The average molecular weight is 263 g/mol. The minimum absolute atomic E-state index is 0.00761. The number of alkyl halides is 3. The highest BCUT2D eigenvalue weighted by Crippen LogP contribution is 2.29. The summed E-state index contributed by atoms with van der Waals surface area (Å²) < 4.78 is 41.9. The average Bonchev–Trinajstić information content (AvgIpc) is 2.33.